The van der Waals surface area contributed by atoms with E-state index in [9.17, 15) is 4.79 Å². The Morgan fingerprint density at radius 1 is 1.39 bits per heavy atom. The van der Waals surface area contributed by atoms with Gasteiger partial charge in [0.15, 0.2) is 0 Å². The summed E-state index contributed by atoms with van der Waals surface area (Å²) in [4.78, 5) is 17.9. The van der Waals surface area contributed by atoms with Gasteiger partial charge >= 0.3 is 0 Å². The monoisotopic (exact) mass is 310 g/mol. The van der Waals surface area contributed by atoms with Gasteiger partial charge in [0.1, 0.15) is 5.75 Å². The van der Waals surface area contributed by atoms with Crippen LogP contribution in [0.1, 0.15) is 5.56 Å². The van der Waals surface area contributed by atoms with Gasteiger partial charge in [-0.1, -0.05) is 15.9 Å². The van der Waals surface area contributed by atoms with Crippen LogP contribution in [0.4, 0.5) is 0 Å². The van der Waals surface area contributed by atoms with Crippen molar-refractivity contribution in [3.05, 3.63) is 44.9 Å². The number of nitrogens with zero attached hydrogens (tertiary/aromatic N) is 1. The van der Waals surface area contributed by atoms with E-state index >= 15 is 0 Å². The van der Waals surface area contributed by atoms with Crippen molar-refractivity contribution < 1.29 is 9.47 Å². The van der Waals surface area contributed by atoms with Gasteiger partial charge in [0, 0.05) is 4.47 Å². The maximum Gasteiger partial charge on any atom is 0.297 e. The molecule has 0 unspecified atom stereocenters. The van der Waals surface area contributed by atoms with Crippen LogP contribution in [0.3, 0.4) is 0 Å². The molecule has 0 fully saturated rings. The van der Waals surface area contributed by atoms with E-state index in [0.717, 1.165) is 10.0 Å². The Labute approximate surface area is 112 Å². The van der Waals surface area contributed by atoms with Gasteiger partial charge in [-0.15, -0.1) is 0 Å². The van der Waals surface area contributed by atoms with Gasteiger partial charge in [0.25, 0.3) is 11.4 Å². The molecule has 1 N–H and O–H groups in total. The Morgan fingerprint density at radius 2 is 2.17 bits per heavy atom. The summed E-state index contributed by atoms with van der Waals surface area (Å²) in [7, 11) is 1.40. The number of hydrogen-bond acceptors (Lipinski definition) is 4. The summed E-state index contributed by atoms with van der Waals surface area (Å²) in [5.74, 6) is 0.820. The second-order valence-corrected chi connectivity index (χ2v) is 4.50. The number of benzene rings is 1. The SMILES string of the molecule is COc1c(Oc2ccc(Br)cc2C)nc[nH]c1=O. The van der Waals surface area contributed by atoms with E-state index in [1.165, 1.54) is 13.4 Å². The van der Waals surface area contributed by atoms with Crippen LogP contribution in [0.25, 0.3) is 0 Å². The normalized spacial score (nSPS) is 10.2. The van der Waals surface area contributed by atoms with Crippen molar-refractivity contribution in [1.29, 1.82) is 0 Å². The molecule has 0 atom stereocenters. The van der Waals surface area contributed by atoms with Crippen molar-refractivity contribution in [1.82, 2.24) is 9.97 Å². The van der Waals surface area contributed by atoms with Gasteiger partial charge in [-0.3, -0.25) is 4.79 Å². The number of aryl methyl sites for hydroxylation is 1. The lowest BCUT2D eigenvalue weighted by Gasteiger charge is -2.10. The first-order valence-corrected chi connectivity index (χ1v) is 5.97. The predicted molar refractivity (Wildman–Crippen MR) is 70.4 cm³/mol. The summed E-state index contributed by atoms with van der Waals surface area (Å²) in [5.41, 5.74) is 0.547. The Morgan fingerprint density at radius 3 is 2.83 bits per heavy atom. The molecule has 94 valence electrons. The smallest absolute Gasteiger partial charge is 0.297 e. The molecule has 2 rings (SSSR count). The van der Waals surface area contributed by atoms with Crippen LogP contribution in [0.15, 0.2) is 33.8 Å². The summed E-state index contributed by atoms with van der Waals surface area (Å²) in [6, 6.07) is 5.55. The molecule has 0 aliphatic rings. The lowest BCUT2D eigenvalue weighted by atomic mass is 10.2. The van der Waals surface area contributed by atoms with Crippen molar-refractivity contribution >= 4 is 15.9 Å². The highest BCUT2D eigenvalue weighted by atomic mass is 79.9. The number of aromatic amines is 1. The average molecular weight is 311 g/mol. The average Bonchev–Trinajstić information content (AvgIpc) is 2.33. The van der Waals surface area contributed by atoms with Gasteiger partial charge in [-0.05, 0) is 30.7 Å². The molecule has 1 aromatic carbocycles. The second kappa shape index (κ2) is 5.22. The fraction of sp³-hybridized carbons (Fsp3) is 0.167. The number of aromatic nitrogens is 2. The highest BCUT2D eigenvalue weighted by Gasteiger charge is 2.12. The zero-order chi connectivity index (χ0) is 13.1. The highest BCUT2D eigenvalue weighted by molar-refractivity contribution is 9.10. The number of halogens is 1. The van der Waals surface area contributed by atoms with E-state index in [0.29, 0.717) is 5.75 Å². The van der Waals surface area contributed by atoms with Gasteiger partial charge in [0.2, 0.25) is 5.75 Å². The number of rotatable bonds is 3. The molecule has 0 radical (unpaired) electrons. The van der Waals surface area contributed by atoms with E-state index in [4.69, 9.17) is 9.47 Å². The van der Waals surface area contributed by atoms with Gasteiger partial charge in [-0.25, -0.2) is 4.98 Å². The fourth-order valence-corrected chi connectivity index (χ4v) is 1.93. The molecule has 1 aromatic heterocycles. The van der Waals surface area contributed by atoms with Crippen LogP contribution in [-0.2, 0) is 0 Å². The van der Waals surface area contributed by atoms with Crippen LogP contribution in [0.5, 0.6) is 17.4 Å². The maximum atomic E-state index is 11.5. The lowest BCUT2D eigenvalue weighted by molar-refractivity contribution is 0.362. The van der Waals surface area contributed by atoms with E-state index in [1.54, 1.807) is 6.07 Å². The van der Waals surface area contributed by atoms with Gasteiger partial charge < -0.3 is 14.5 Å². The van der Waals surface area contributed by atoms with E-state index < -0.39 is 0 Å². The number of nitrogens with one attached hydrogen (secondary N) is 1. The van der Waals surface area contributed by atoms with E-state index in [1.807, 2.05) is 19.1 Å². The first-order chi connectivity index (χ1) is 8.61. The Bertz CT molecular complexity index is 625. The molecular formula is C12H11BrN2O3. The summed E-state index contributed by atoms with van der Waals surface area (Å²) < 4.78 is 11.5. The third kappa shape index (κ3) is 2.53. The zero-order valence-electron chi connectivity index (χ0n) is 9.86. The predicted octanol–water partition coefficient (Wildman–Crippen LogP) is 2.64. The molecule has 0 aliphatic heterocycles. The Balaban J connectivity index is 2.40. The minimum Gasteiger partial charge on any atom is -0.487 e. The number of ether oxygens (including phenoxy) is 2. The Kier molecular flexibility index (Phi) is 3.66. The molecule has 5 nitrogen and oxygen atoms in total. The lowest BCUT2D eigenvalue weighted by Crippen LogP contribution is -2.11. The van der Waals surface area contributed by atoms with Crippen LogP contribution < -0.4 is 15.0 Å². The molecule has 2 aromatic rings. The largest absolute Gasteiger partial charge is 0.487 e. The standard InChI is InChI=1S/C12H11BrN2O3/c1-7-5-8(13)3-4-9(7)18-12-10(17-2)11(16)14-6-15-12/h3-6H,1-2H3,(H,14,15,16). The van der Waals surface area contributed by atoms with Crippen molar-refractivity contribution in [3.8, 4) is 17.4 Å². The van der Waals surface area contributed by atoms with Gasteiger partial charge in [-0.2, -0.15) is 0 Å². The van der Waals surface area contributed by atoms with Crippen LogP contribution >= 0.6 is 15.9 Å². The first-order valence-electron chi connectivity index (χ1n) is 5.17. The number of H-pyrrole nitrogens is 1. The summed E-state index contributed by atoms with van der Waals surface area (Å²) in [6.07, 6.45) is 1.27. The third-order valence-corrected chi connectivity index (χ3v) is 2.82. The molecular weight excluding hydrogens is 300 g/mol. The molecule has 0 saturated heterocycles. The van der Waals surface area contributed by atoms with Crippen LogP contribution in [-0.4, -0.2) is 17.1 Å². The topological polar surface area (TPSA) is 64.2 Å². The number of hydrogen-bond donors (Lipinski definition) is 1. The van der Waals surface area contributed by atoms with Crippen molar-refractivity contribution in [2.45, 2.75) is 6.92 Å². The highest BCUT2D eigenvalue weighted by Crippen LogP contribution is 2.29. The van der Waals surface area contributed by atoms with Crippen molar-refractivity contribution in [3.63, 3.8) is 0 Å². The molecule has 0 aliphatic carbocycles. The molecule has 0 spiro atoms. The Hall–Kier alpha value is -1.82. The molecule has 6 heteroatoms. The minimum atomic E-state index is -0.378. The second-order valence-electron chi connectivity index (χ2n) is 3.58. The molecule has 1 heterocycles. The molecule has 0 saturated carbocycles. The molecule has 0 bridgehead atoms. The minimum absolute atomic E-state index is 0.0554. The van der Waals surface area contributed by atoms with E-state index in [2.05, 4.69) is 25.9 Å². The summed E-state index contributed by atoms with van der Waals surface area (Å²) >= 11 is 3.37. The fourth-order valence-electron chi connectivity index (χ4n) is 1.46. The van der Waals surface area contributed by atoms with Crippen molar-refractivity contribution in [2.75, 3.05) is 7.11 Å². The third-order valence-electron chi connectivity index (χ3n) is 2.33. The van der Waals surface area contributed by atoms with Crippen LogP contribution in [0, 0.1) is 6.92 Å². The van der Waals surface area contributed by atoms with Crippen molar-refractivity contribution in [2.24, 2.45) is 0 Å². The van der Waals surface area contributed by atoms with Crippen LogP contribution in [0.2, 0.25) is 0 Å². The molecule has 18 heavy (non-hydrogen) atoms. The number of methoxy groups -OCH3 is 1. The first kappa shape index (κ1) is 12.6. The molecule has 0 amide bonds. The van der Waals surface area contributed by atoms with E-state index in [-0.39, 0.29) is 17.2 Å². The maximum absolute atomic E-state index is 11.5. The zero-order valence-corrected chi connectivity index (χ0v) is 11.4. The quantitative estimate of drug-likeness (QED) is 0.946. The van der Waals surface area contributed by atoms with Gasteiger partial charge in [0.05, 0.1) is 13.4 Å². The summed E-state index contributed by atoms with van der Waals surface area (Å²) in [6.45, 7) is 1.90. The summed E-state index contributed by atoms with van der Waals surface area (Å²) in [5, 5.41) is 0.